The molecule has 1 saturated heterocycles. The fourth-order valence-corrected chi connectivity index (χ4v) is 2.39. The highest BCUT2D eigenvalue weighted by Crippen LogP contribution is 2.10. The lowest BCUT2D eigenvalue weighted by atomic mass is 10.3. The molecule has 3 heterocycles. The molecule has 0 N–H and O–H groups in total. The molecule has 0 radical (unpaired) electrons. The first-order chi connectivity index (χ1) is 7.92. The molecule has 1 fully saturated rings. The molecule has 0 aromatic carbocycles. The van der Waals surface area contributed by atoms with Gasteiger partial charge in [0.05, 0.1) is 5.69 Å². The molecule has 2 aromatic heterocycles. The molecule has 3 rings (SSSR count). The van der Waals surface area contributed by atoms with Gasteiger partial charge >= 0.3 is 0 Å². The summed E-state index contributed by atoms with van der Waals surface area (Å²) in [7, 11) is 0. The van der Waals surface area contributed by atoms with Gasteiger partial charge in [0.25, 0.3) is 0 Å². The van der Waals surface area contributed by atoms with Gasteiger partial charge in [-0.25, -0.2) is 4.98 Å². The molecular weight excluding hydrogens is 198 g/mol. The molecule has 2 aromatic rings. The maximum absolute atomic E-state index is 4.61. The first-order valence-electron chi connectivity index (χ1n) is 6.07. The molecule has 3 nitrogen and oxygen atoms in total. The maximum Gasteiger partial charge on any atom is 0.136 e. The number of nitrogens with zero attached hydrogens (tertiary/aromatic N) is 3. The van der Waals surface area contributed by atoms with Crippen molar-refractivity contribution in [1.82, 2.24) is 14.3 Å². The van der Waals surface area contributed by atoms with Crippen LogP contribution >= 0.6 is 0 Å². The molecule has 16 heavy (non-hydrogen) atoms. The molecule has 0 bridgehead atoms. The molecular formula is C13H17N3. The number of aromatic nitrogens is 2. The molecule has 0 saturated carbocycles. The number of hydrogen-bond donors (Lipinski definition) is 0. The molecule has 84 valence electrons. The Hall–Kier alpha value is -1.35. The van der Waals surface area contributed by atoms with E-state index in [4.69, 9.17) is 0 Å². The van der Waals surface area contributed by atoms with Crippen molar-refractivity contribution in [3.05, 3.63) is 36.3 Å². The highest BCUT2D eigenvalue weighted by molar-refractivity contribution is 5.39. The van der Waals surface area contributed by atoms with Crippen LogP contribution in [0.5, 0.6) is 0 Å². The van der Waals surface area contributed by atoms with Crippen LogP contribution in [0.1, 0.15) is 18.5 Å². The fraction of sp³-hybridized carbons (Fsp3) is 0.462. The molecule has 1 aliphatic rings. The summed E-state index contributed by atoms with van der Waals surface area (Å²) in [5.74, 6) is 0. The van der Waals surface area contributed by atoms with E-state index in [9.17, 15) is 0 Å². The summed E-state index contributed by atoms with van der Waals surface area (Å²) in [5, 5.41) is 0. The number of imidazole rings is 1. The smallest absolute Gasteiger partial charge is 0.136 e. The Morgan fingerprint density at radius 1 is 1.19 bits per heavy atom. The predicted molar refractivity (Wildman–Crippen MR) is 64.6 cm³/mol. The predicted octanol–water partition coefficient (Wildman–Crippen LogP) is 1.97. The third-order valence-electron chi connectivity index (χ3n) is 3.30. The van der Waals surface area contributed by atoms with E-state index in [1.54, 1.807) is 0 Å². The Balaban J connectivity index is 1.69. The van der Waals surface area contributed by atoms with Gasteiger partial charge in [0.2, 0.25) is 0 Å². The topological polar surface area (TPSA) is 20.5 Å². The molecule has 1 aliphatic heterocycles. The van der Waals surface area contributed by atoms with Crippen LogP contribution in [0, 0.1) is 0 Å². The third kappa shape index (κ3) is 1.95. The minimum atomic E-state index is 1.05. The first kappa shape index (κ1) is 9.85. The minimum Gasteiger partial charge on any atom is -0.307 e. The van der Waals surface area contributed by atoms with Gasteiger partial charge in [-0.1, -0.05) is 6.07 Å². The lowest BCUT2D eigenvalue weighted by molar-refractivity contribution is 0.342. The van der Waals surface area contributed by atoms with Crippen LogP contribution in [0.4, 0.5) is 0 Å². The Kier molecular flexibility index (Phi) is 2.62. The zero-order valence-corrected chi connectivity index (χ0v) is 9.47. The van der Waals surface area contributed by atoms with Gasteiger partial charge in [-0.3, -0.25) is 0 Å². The summed E-state index contributed by atoms with van der Waals surface area (Å²) in [4.78, 5) is 7.14. The van der Waals surface area contributed by atoms with E-state index in [1.807, 2.05) is 12.1 Å². The Bertz CT molecular complexity index is 436. The van der Waals surface area contributed by atoms with Crippen LogP contribution in [0.25, 0.3) is 5.65 Å². The van der Waals surface area contributed by atoms with Gasteiger partial charge in [0.15, 0.2) is 0 Å². The van der Waals surface area contributed by atoms with Crippen LogP contribution in [0.2, 0.25) is 0 Å². The fourth-order valence-electron chi connectivity index (χ4n) is 2.39. The van der Waals surface area contributed by atoms with Gasteiger partial charge in [-0.15, -0.1) is 0 Å². The zero-order valence-electron chi connectivity index (χ0n) is 9.47. The minimum absolute atomic E-state index is 1.05. The highest BCUT2D eigenvalue weighted by Gasteiger charge is 2.11. The Morgan fingerprint density at radius 2 is 2.06 bits per heavy atom. The van der Waals surface area contributed by atoms with Crippen molar-refractivity contribution in [2.24, 2.45) is 0 Å². The number of fused-ring (bicyclic) bond motifs is 1. The summed E-state index contributed by atoms with van der Waals surface area (Å²) in [6, 6.07) is 6.13. The molecule has 0 spiro atoms. The van der Waals surface area contributed by atoms with Crippen molar-refractivity contribution < 1.29 is 0 Å². The molecule has 0 atom stereocenters. The normalized spacial score (nSPS) is 17.2. The van der Waals surface area contributed by atoms with Gasteiger partial charge in [0.1, 0.15) is 5.65 Å². The van der Waals surface area contributed by atoms with E-state index in [-0.39, 0.29) is 0 Å². The Morgan fingerprint density at radius 3 is 2.88 bits per heavy atom. The standard InChI is InChI=1S/C13H17N3/c1-2-9-16-11-12(14-13(16)5-1)6-10-15-7-3-4-8-15/h1-2,5,9,11H,3-4,6-8,10H2. The van der Waals surface area contributed by atoms with Crippen molar-refractivity contribution in [2.45, 2.75) is 19.3 Å². The van der Waals surface area contributed by atoms with E-state index in [0.29, 0.717) is 0 Å². The zero-order chi connectivity index (χ0) is 10.8. The molecule has 0 aliphatic carbocycles. The third-order valence-corrected chi connectivity index (χ3v) is 3.30. The van der Waals surface area contributed by atoms with Crippen LogP contribution < -0.4 is 0 Å². The van der Waals surface area contributed by atoms with Gasteiger partial charge < -0.3 is 9.30 Å². The number of hydrogen-bond acceptors (Lipinski definition) is 2. The average molecular weight is 215 g/mol. The van der Waals surface area contributed by atoms with Crippen molar-refractivity contribution >= 4 is 5.65 Å². The van der Waals surface area contributed by atoms with E-state index in [2.05, 4.69) is 32.7 Å². The summed E-state index contributed by atoms with van der Waals surface area (Å²) in [5.41, 5.74) is 2.26. The van der Waals surface area contributed by atoms with E-state index in [0.717, 1.165) is 18.6 Å². The monoisotopic (exact) mass is 215 g/mol. The number of rotatable bonds is 3. The van der Waals surface area contributed by atoms with Crippen molar-refractivity contribution in [2.75, 3.05) is 19.6 Å². The van der Waals surface area contributed by atoms with Crippen LogP contribution in [0.3, 0.4) is 0 Å². The van der Waals surface area contributed by atoms with E-state index >= 15 is 0 Å². The van der Waals surface area contributed by atoms with E-state index in [1.165, 1.54) is 31.6 Å². The number of pyridine rings is 1. The van der Waals surface area contributed by atoms with E-state index < -0.39 is 0 Å². The Labute approximate surface area is 95.7 Å². The second kappa shape index (κ2) is 4.26. The van der Waals surface area contributed by atoms with Gasteiger partial charge in [0, 0.05) is 25.4 Å². The van der Waals surface area contributed by atoms with Crippen molar-refractivity contribution in [3.8, 4) is 0 Å². The molecule has 3 heteroatoms. The van der Waals surface area contributed by atoms with Gasteiger partial charge in [-0.05, 0) is 38.1 Å². The van der Waals surface area contributed by atoms with Crippen molar-refractivity contribution in [3.63, 3.8) is 0 Å². The quantitative estimate of drug-likeness (QED) is 0.780. The summed E-state index contributed by atoms with van der Waals surface area (Å²) < 4.78 is 2.10. The summed E-state index contributed by atoms with van der Waals surface area (Å²) in [6.45, 7) is 3.70. The lowest BCUT2D eigenvalue weighted by Crippen LogP contribution is -2.21. The van der Waals surface area contributed by atoms with Crippen LogP contribution in [-0.2, 0) is 6.42 Å². The second-order valence-electron chi connectivity index (χ2n) is 4.50. The largest absolute Gasteiger partial charge is 0.307 e. The first-order valence-corrected chi connectivity index (χ1v) is 6.07. The summed E-state index contributed by atoms with van der Waals surface area (Å²) in [6.07, 6.45) is 8.01. The summed E-state index contributed by atoms with van der Waals surface area (Å²) >= 11 is 0. The molecule has 0 unspecified atom stereocenters. The average Bonchev–Trinajstić information content (AvgIpc) is 2.95. The van der Waals surface area contributed by atoms with Crippen molar-refractivity contribution in [1.29, 1.82) is 0 Å². The van der Waals surface area contributed by atoms with Crippen LogP contribution in [0.15, 0.2) is 30.6 Å². The SMILES string of the molecule is c1ccn2cc(CCN3CCCC3)nc2c1. The second-order valence-corrected chi connectivity index (χ2v) is 4.50. The lowest BCUT2D eigenvalue weighted by Gasteiger charge is -2.12. The number of likely N-dealkylation sites (tertiary alicyclic amines) is 1. The highest BCUT2D eigenvalue weighted by atomic mass is 15.1. The molecule has 0 amide bonds. The van der Waals surface area contributed by atoms with Crippen LogP contribution in [-0.4, -0.2) is 33.9 Å². The maximum atomic E-state index is 4.61. The van der Waals surface area contributed by atoms with Gasteiger partial charge in [-0.2, -0.15) is 0 Å².